The Morgan fingerprint density at radius 2 is 2.00 bits per heavy atom. The number of carboxylic acid groups (broad SMARTS) is 1. The van der Waals surface area contributed by atoms with Gasteiger partial charge in [0, 0.05) is 6.20 Å². The fraction of sp³-hybridized carbons (Fsp3) is 0.0714. The molecule has 0 spiro atoms. The molecule has 2 N–H and O–H groups in total. The Balaban J connectivity index is 2.28. The van der Waals surface area contributed by atoms with Crippen LogP contribution >= 0.6 is 11.6 Å². The van der Waals surface area contributed by atoms with E-state index in [1.165, 1.54) is 24.4 Å². The summed E-state index contributed by atoms with van der Waals surface area (Å²) in [5.74, 6) is -1.60. The van der Waals surface area contributed by atoms with Crippen LogP contribution in [0, 0.1) is 6.92 Å². The molecule has 0 fully saturated rings. The lowest BCUT2D eigenvalue weighted by Crippen LogP contribution is -2.16. The molecule has 2 rings (SSSR count). The first-order valence-electron chi connectivity index (χ1n) is 5.74. The molecule has 1 amide bonds. The van der Waals surface area contributed by atoms with Crippen molar-refractivity contribution in [3.05, 3.63) is 58.4 Å². The van der Waals surface area contributed by atoms with Gasteiger partial charge in [0.25, 0.3) is 5.91 Å². The number of hydrogen-bond acceptors (Lipinski definition) is 3. The number of aromatic nitrogens is 1. The number of hydrogen-bond donors (Lipinski definition) is 2. The van der Waals surface area contributed by atoms with Gasteiger partial charge in [-0.25, -0.2) is 9.78 Å². The second kappa shape index (κ2) is 5.71. The van der Waals surface area contributed by atoms with E-state index in [9.17, 15) is 9.59 Å². The number of nitrogens with one attached hydrogen (secondary N) is 1. The number of pyridine rings is 1. The Bertz CT molecular complexity index is 669. The quantitative estimate of drug-likeness (QED) is 0.911. The molecule has 0 radical (unpaired) electrons. The third-order valence-electron chi connectivity index (χ3n) is 2.61. The lowest BCUT2D eigenvalue weighted by Gasteiger charge is -2.09. The van der Waals surface area contributed by atoms with E-state index >= 15 is 0 Å². The lowest BCUT2D eigenvalue weighted by molar-refractivity contribution is 0.0698. The number of amides is 1. The number of anilines is 1. The molecular weight excluding hydrogens is 280 g/mol. The van der Waals surface area contributed by atoms with Crippen LogP contribution in [0.15, 0.2) is 36.5 Å². The minimum absolute atomic E-state index is 0.0345. The Kier molecular flexibility index (Phi) is 4.00. The topological polar surface area (TPSA) is 79.3 Å². The van der Waals surface area contributed by atoms with Crippen molar-refractivity contribution in [2.45, 2.75) is 6.92 Å². The molecule has 1 aromatic heterocycles. The highest BCUT2D eigenvalue weighted by molar-refractivity contribution is 6.30. The summed E-state index contributed by atoms with van der Waals surface area (Å²) >= 11 is 5.69. The zero-order chi connectivity index (χ0) is 14.7. The van der Waals surface area contributed by atoms with Crippen molar-refractivity contribution in [3.63, 3.8) is 0 Å². The van der Waals surface area contributed by atoms with E-state index in [1.807, 2.05) is 0 Å². The first-order chi connectivity index (χ1) is 9.47. The number of carbonyl (C=O) groups excluding carboxylic acids is 1. The number of benzene rings is 1. The van der Waals surface area contributed by atoms with Crippen molar-refractivity contribution in [2.24, 2.45) is 0 Å². The lowest BCUT2D eigenvalue weighted by atomic mass is 10.1. The van der Waals surface area contributed by atoms with Gasteiger partial charge in [0.05, 0.1) is 16.3 Å². The van der Waals surface area contributed by atoms with Crippen LogP contribution in [-0.4, -0.2) is 22.0 Å². The minimum atomic E-state index is -1.10. The Labute approximate surface area is 120 Å². The first-order valence-corrected chi connectivity index (χ1v) is 6.12. The maximum absolute atomic E-state index is 12.0. The van der Waals surface area contributed by atoms with E-state index in [2.05, 4.69) is 10.3 Å². The number of carboxylic acids is 1. The van der Waals surface area contributed by atoms with E-state index in [4.69, 9.17) is 16.7 Å². The Morgan fingerprint density at radius 3 is 2.60 bits per heavy atom. The monoisotopic (exact) mass is 290 g/mol. The summed E-state index contributed by atoms with van der Waals surface area (Å²) in [6.07, 6.45) is 1.35. The molecule has 102 valence electrons. The molecule has 0 aliphatic carbocycles. The van der Waals surface area contributed by atoms with Crippen LogP contribution in [0.3, 0.4) is 0 Å². The largest absolute Gasteiger partial charge is 0.478 e. The van der Waals surface area contributed by atoms with Gasteiger partial charge in [-0.05, 0) is 31.2 Å². The summed E-state index contributed by atoms with van der Waals surface area (Å²) < 4.78 is 0. The van der Waals surface area contributed by atoms with Gasteiger partial charge in [0.1, 0.15) is 5.69 Å². The molecular formula is C14H11ClN2O3. The molecule has 0 saturated heterocycles. The van der Waals surface area contributed by atoms with Crippen molar-refractivity contribution in [1.29, 1.82) is 0 Å². The van der Waals surface area contributed by atoms with E-state index in [0.29, 0.717) is 5.02 Å². The molecule has 2 aromatic rings. The normalized spacial score (nSPS) is 10.1. The minimum Gasteiger partial charge on any atom is -0.478 e. The first kappa shape index (κ1) is 14.0. The number of aryl methyl sites for hydroxylation is 1. The Hall–Kier alpha value is -2.40. The van der Waals surface area contributed by atoms with Crippen molar-refractivity contribution in [2.75, 3.05) is 5.32 Å². The molecule has 5 nitrogen and oxygen atoms in total. The molecule has 0 aliphatic heterocycles. The van der Waals surface area contributed by atoms with Crippen molar-refractivity contribution >= 4 is 29.2 Å². The predicted octanol–water partition coefficient (Wildman–Crippen LogP) is 2.99. The summed E-state index contributed by atoms with van der Waals surface area (Å²) in [4.78, 5) is 27.0. The second-order valence-corrected chi connectivity index (χ2v) is 4.61. The number of halogens is 1. The SMILES string of the molecule is Cc1ccc(NC(=O)c2ccc(Cl)cn2)c(C(=O)O)c1. The van der Waals surface area contributed by atoms with Crippen LogP contribution in [0.1, 0.15) is 26.4 Å². The highest BCUT2D eigenvalue weighted by Crippen LogP contribution is 2.18. The number of carbonyl (C=O) groups is 2. The average Bonchev–Trinajstić information content (AvgIpc) is 2.41. The number of rotatable bonds is 3. The smallest absolute Gasteiger partial charge is 0.337 e. The summed E-state index contributed by atoms with van der Waals surface area (Å²) in [7, 11) is 0. The zero-order valence-electron chi connectivity index (χ0n) is 10.6. The van der Waals surface area contributed by atoms with Crippen molar-refractivity contribution in [1.82, 2.24) is 4.98 Å². The fourth-order valence-corrected chi connectivity index (χ4v) is 1.75. The summed E-state index contributed by atoms with van der Waals surface area (Å²) in [6, 6.07) is 7.76. The summed E-state index contributed by atoms with van der Waals surface area (Å²) in [6.45, 7) is 1.78. The number of aromatic carboxylic acids is 1. The third kappa shape index (κ3) is 3.13. The summed E-state index contributed by atoms with van der Waals surface area (Å²) in [5.41, 5.74) is 1.22. The van der Waals surface area contributed by atoms with Gasteiger partial charge >= 0.3 is 5.97 Å². The van der Waals surface area contributed by atoms with E-state index in [0.717, 1.165) is 5.56 Å². The third-order valence-corrected chi connectivity index (χ3v) is 2.84. The molecule has 0 aliphatic rings. The highest BCUT2D eigenvalue weighted by Gasteiger charge is 2.14. The van der Waals surface area contributed by atoms with Gasteiger partial charge < -0.3 is 10.4 Å². The van der Waals surface area contributed by atoms with Crippen molar-refractivity contribution < 1.29 is 14.7 Å². The Morgan fingerprint density at radius 1 is 1.25 bits per heavy atom. The van der Waals surface area contributed by atoms with E-state index in [-0.39, 0.29) is 16.9 Å². The molecule has 0 saturated carbocycles. The standard InChI is InChI=1S/C14H11ClN2O3/c1-8-2-4-11(10(6-8)14(19)20)17-13(18)12-5-3-9(15)7-16-12/h2-7H,1H3,(H,17,18)(H,19,20). The average molecular weight is 291 g/mol. The molecule has 6 heteroatoms. The van der Waals surface area contributed by atoms with Gasteiger partial charge in [-0.2, -0.15) is 0 Å². The molecule has 0 unspecified atom stereocenters. The van der Waals surface area contributed by atoms with Crippen LogP contribution in [0.5, 0.6) is 0 Å². The summed E-state index contributed by atoms with van der Waals surface area (Å²) in [5, 5.41) is 12.1. The van der Waals surface area contributed by atoms with E-state index < -0.39 is 11.9 Å². The van der Waals surface area contributed by atoms with Crippen LogP contribution < -0.4 is 5.32 Å². The van der Waals surface area contributed by atoms with Crippen LogP contribution in [0.25, 0.3) is 0 Å². The van der Waals surface area contributed by atoms with Crippen molar-refractivity contribution in [3.8, 4) is 0 Å². The van der Waals surface area contributed by atoms with Gasteiger partial charge in [-0.3, -0.25) is 4.79 Å². The molecule has 0 bridgehead atoms. The number of nitrogens with zero attached hydrogens (tertiary/aromatic N) is 1. The second-order valence-electron chi connectivity index (χ2n) is 4.17. The molecule has 0 atom stereocenters. The highest BCUT2D eigenvalue weighted by atomic mass is 35.5. The maximum atomic E-state index is 12.0. The van der Waals surface area contributed by atoms with Gasteiger partial charge in [0.15, 0.2) is 0 Å². The maximum Gasteiger partial charge on any atom is 0.337 e. The zero-order valence-corrected chi connectivity index (χ0v) is 11.3. The molecule has 1 aromatic carbocycles. The van der Waals surface area contributed by atoms with Gasteiger partial charge in [-0.15, -0.1) is 0 Å². The van der Waals surface area contributed by atoms with Crippen LogP contribution in [-0.2, 0) is 0 Å². The van der Waals surface area contributed by atoms with Gasteiger partial charge in [0.2, 0.25) is 0 Å². The fourth-order valence-electron chi connectivity index (χ4n) is 1.64. The predicted molar refractivity (Wildman–Crippen MR) is 75.3 cm³/mol. The van der Waals surface area contributed by atoms with E-state index in [1.54, 1.807) is 19.1 Å². The van der Waals surface area contributed by atoms with Gasteiger partial charge in [-0.1, -0.05) is 23.2 Å². The van der Waals surface area contributed by atoms with Crippen LogP contribution in [0.4, 0.5) is 5.69 Å². The molecule has 1 heterocycles. The molecule has 20 heavy (non-hydrogen) atoms. The van der Waals surface area contributed by atoms with Crippen LogP contribution in [0.2, 0.25) is 5.02 Å².